The van der Waals surface area contributed by atoms with Gasteiger partial charge in [0.1, 0.15) is 18.6 Å². The number of hydrogen-bond acceptors (Lipinski definition) is 7. The molecule has 0 saturated heterocycles. The molecule has 0 saturated carbocycles. The van der Waals surface area contributed by atoms with Crippen molar-refractivity contribution >= 4 is 28.9 Å². The minimum absolute atomic E-state index is 0.0160. The molecule has 0 N–H and O–H groups in total. The molecule has 0 amide bonds. The number of aromatic nitrogens is 1. The fraction of sp³-hybridized carbons (Fsp3) is 0.263. The van der Waals surface area contributed by atoms with Crippen molar-refractivity contribution < 1.29 is 23.4 Å². The Balaban J connectivity index is 1.70. The third kappa shape index (κ3) is 4.61. The zero-order valence-electron chi connectivity index (χ0n) is 15.0. The molecule has 1 aromatic carbocycles. The topological polar surface area (TPSA) is 70.8 Å². The number of oxazole rings is 1. The molecule has 0 bridgehead atoms. The van der Waals surface area contributed by atoms with E-state index >= 15 is 0 Å². The lowest BCUT2D eigenvalue weighted by atomic mass is 10.2. The van der Waals surface area contributed by atoms with E-state index in [0.29, 0.717) is 23.1 Å². The summed E-state index contributed by atoms with van der Waals surface area (Å²) in [5, 5.41) is 2.21. The number of benzene rings is 1. The predicted molar refractivity (Wildman–Crippen MR) is 103 cm³/mol. The summed E-state index contributed by atoms with van der Waals surface area (Å²) in [7, 11) is 1.48. The lowest BCUT2D eigenvalue weighted by molar-refractivity contribution is 0.0467. The van der Waals surface area contributed by atoms with Crippen molar-refractivity contribution in [3.05, 3.63) is 52.2 Å². The van der Waals surface area contributed by atoms with Gasteiger partial charge in [0.05, 0.1) is 28.7 Å². The maximum absolute atomic E-state index is 12.4. The van der Waals surface area contributed by atoms with Gasteiger partial charge in [0.25, 0.3) is 0 Å². The van der Waals surface area contributed by atoms with Crippen LogP contribution in [0.15, 0.2) is 40.3 Å². The molecular formula is C19H18ClNO5S. The van der Waals surface area contributed by atoms with Gasteiger partial charge >= 0.3 is 5.97 Å². The van der Waals surface area contributed by atoms with Crippen LogP contribution < -0.4 is 9.47 Å². The van der Waals surface area contributed by atoms with E-state index in [2.05, 4.69) is 4.98 Å². The lowest BCUT2D eigenvalue weighted by Crippen LogP contribution is -2.09. The highest BCUT2D eigenvalue weighted by atomic mass is 35.5. The molecule has 0 aliphatic carbocycles. The second-order valence-electron chi connectivity index (χ2n) is 5.85. The summed E-state index contributed by atoms with van der Waals surface area (Å²) in [6.07, 6.45) is 1.38. The summed E-state index contributed by atoms with van der Waals surface area (Å²) in [6.45, 7) is 3.73. The van der Waals surface area contributed by atoms with Crippen molar-refractivity contribution in [1.29, 1.82) is 0 Å². The van der Waals surface area contributed by atoms with Crippen LogP contribution in [0.3, 0.4) is 0 Å². The van der Waals surface area contributed by atoms with Gasteiger partial charge in [-0.2, -0.15) is 0 Å². The van der Waals surface area contributed by atoms with Crippen LogP contribution in [0.1, 0.15) is 29.9 Å². The number of hydrogen-bond donors (Lipinski definition) is 0. The van der Waals surface area contributed by atoms with Crippen LogP contribution in [0.25, 0.3) is 10.8 Å². The van der Waals surface area contributed by atoms with E-state index in [-0.39, 0.29) is 23.3 Å². The molecule has 142 valence electrons. The molecule has 27 heavy (non-hydrogen) atoms. The maximum atomic E-state index is 12.4. The molecule has 0 aliphatic rings. The Hall–Kier alpha value is -2.51. The number of halogens is 1. The first-order valence-electron chi connectivity index (χ1n) is 8.17. The molecular weight excluding hydrogens is 390 g/mol. The third-order valence-electron chi connectivity index (χ3n) is 3.45. The van der Waals surface area contributed by atoms with Crippen molar-refractivity contribution in [2.75, 3.05) is 7.11 Å². The van der Waals surface area contributed by atoms with Crippen LogP contribution in [-0.2, 0) is 11.3 Å². The van der Waals surface area contributed by atoms with E-state index in [0.717, 1.165) is 4.88 Å². The highest BCUT2D eigenvalue weighted by molar-refractivity contribution is 7.13. The molecule has 0 atom stereocenters. The first-order valence-corrected chi connectivity index (χ1v) is 9.43. The number of rotatable bonds is 7. The molecule has 2 aromatic heterocycles. The first kappa shape index (κ1) is 19.3. The van der Waals surface area contributed by atoms with Gasteiger partial charge in [-0.05, 0) is 37.4 Å². The standard InChI is InChI=1S/C19H18ClNO5S/c1-11(2)26-17-14(20)7-12(8-15(17)23-3)19(22)25-10-13-9-24-18(21-13)16-5-4-6-27-16/h4-9,11H,10H2,1-3H3. The van der Waals surface area contributed by atoms with Crippen molar-refractivity contribution in [2.45, 2.75) is 26.6 Å². The Labute approximate surface area is 165 Å². The van der Waals surface area contributed by atoms with E-state index in [1.54, 1.807) is 0 Å². The zero-order chi connectivity index (χ0) is 19.4. The van der Waals surface area contributed by atoms with Gasteiger partial charge in [-0.3, -0.25) is 0 Å². The quantitative estimate of drug-likeness (QED) is 0.501. The van der Waals surface area contributed by atoms with Crippen LogP contribution in [0.2, 0.25) is 5.02 Å². The molecule has 0 unspecified atom stereocenters. The molecule has 0 aliphatic heterocycles. The number of carbonyl (C=O) groups excluding carboxylic acids is 1. The highest BCUT2D eigenvalue weighted by Gasteiger charge is 2.18. The summed E-state index contributed by atoms with van der Waals surface area (Å²) in [4.78, 5) is 17.6. The molecule has 2 heterocycles. The third-order valence-corrected chi connectivity index (χ3v) is 4.59. The van der Waals surface area contributed by atoms with Crippen LogP contribution in [0.5, 0.6) is 11.5 Å². The highest BCUT2D eigenvalue weighted by Crippen LogP contribution is 2.37. The number of thiophene rings is 1. The molecule has 6 nitrogen and oxygen atoms in total. The smallest absolute Gasteiger partial charge is 0.338 e. The van der Waals surface area contributed by atoms with Crippen molar-refractivity contribution in [3.63, 3.8) is 0 Å². The van der Waals surface area contributed by atoms with Gasteiger partial charge in [0.2, 0.25) is 5.89 Å². The number of methoxy groups -OCH3 is 1. The normalized spacial score (nSPS) is 10.9. The largest absolute Gasteiger partial charge is 0.493 e. The van der Waals surface area contributed by atoms with E-state index in [1.807, 2.05) is 31.4 Å². The van der Waals surface area contributed by atoms with Crippen LogP contribution in [-0.4, -0.2) is 24.2 Å². The molecule has 8 heteroatoms. The number of ether oxygens (including phenoxy) is 3. The number of nitrogens with zero attached hydrogens (tertiary/aromatic N) is 1. The van der Waals surface area contributed by atoms with E-state index < -0.39 is 5.97 Å². The van der Waals surface area contributed by atoms with Crippen molar-refractivity contribution in [2.24, 2.45) is 0 Å². The van der Waals surface area contributed by atoms with Gasteiger partial charge in [0, 0.05) is 0 Å². The van der Waals surface area contributed by atoms with Crippen LogP contribution in [0.4, 0.5) is 0 Å². The average molecular weight is 408 g/mol. The molecule has 0 fully saturated rings. The van der Waals surface area contributed by atoms with Crippen molar-refractivity contribution in [1.82, 2.24) is 4.98 Å². The van der Waals surface area contributed by atoms with E-state index in [9.17, 15) is 4.79 Å². The minimum Gasteiger partial charge on any atom is -0.493 e. The maximum Gasteiger partial charge on any atom is 0.338 e. The molecule has 0 spiro atoms. The second kappa shape index (κ2) is 8.45. The zero-order valence-corrected chi connectivity index (χ0v) is 16.6. The van der Waals surface area contributed by atoms with Gasteiger partial charge in [-0.25, -0.2) is 9.78 Å². The Morgan fingerprint density at radius 2 is 2.19 bits per heavy atom. The minimum atomic E-state index is -0.549. The Bertz CT molecular complexity index is 920. The van der Waals surface area contributed by atoms with E-state index in [1.165, 1.54) is 36.8 Å². The van der Waals surface area contributed by atoms with Gasteiger partial charge in [-0.1, -0.05) is 17.7 Å². The number of carbonyl (C=O) groups is 1. The Morgan fingerprint density at radius 1 is 1.37 bits per heavy atom. The second-order valence-corrected chi connectivity index (χ2v) is 7.21. The van der Waals surface area contributed by atoms with Gasteiger partial charge < -0.3 is 18.6 Å². The summed E-state index contributed by atoms with van der Waals surface area (Å²) in [5.41, 5.74) is 0.777. The Morgan fingerprint density at radius 3 is 2.85 bits per heavy atom. The van der Waals surface area contributed by atoms with Crippen LogP contribution in [0, 0.1) is 0 Å². The van der Waals surface area contributed by atoms with Crippen LogP contribution >= 0.6 is 22.9 Å². The summed E-state index contributed by atoms with van der Waals surface area (Å²) in [5.74, 6) is 0.704. The van der Waals surface area contributed by atoms with Gasteiger partial charge in [-0.15, -0.1) is 11.3 Å². The summed E-state index contributed by atoms with van der Waals surface area (Å²) < 4.78 is 21.6. The predicted octanol–water partition coefficient (Wildman–Crippen LogP) is 5.21. The molecule has 3 rings (SSSR count). The average Bonchev–Trinajstić information content (AvgIpc) is 3.32. The SMILES string of the molecule is COc1cc(C(=O)OCc2coc(-c3cccs3)n2)cc(Cl)c1OC(C)C. The summed E-state index contributed by atoms with van der Waals surface area (Å²) >= 11 is 7.76. The fourth-order valence-electron chi connectivity index (χ4n) is 2.30. The van der Waals surface area contributed by atoms with Crippen molar-refractivity contribution in [3.8, 4) is 22.3 Å². The molecule has 3 aromatic rings. The first-order chi connectivity index (χ1) is 13.0. The van der Waals surface area contributed by atoms with Gasteiger partial charge in [0.15, 0.2) is 11.5 Å². The monoisotopic (exact) mass is 407 g/mol. The van der Waals surface area contributed by atoms with E-state index in [4.69, 9.17) is 30.2 Å². The Kier molecular flexibility index (Phi) is 6.03. The lowest BCUT2D eigenvalue weighted by Gasteiger charge is -2.16. The fourth-order valence-corrected chi connectivity index (χ4v) is 3.21. The summed E-state index contributed by atoms with van der Waals surface area (Å²) in [6, 6.07) is 6.84. The number of esters is 1. The molecule has 0 radical (unpaired) electrons.